The number of amides is 2. The number of aromatic nitrogens is 1. The van der Waals surface area contributed by atoms with Gasteiger partial charge in [-0.1, -0.05) is 0 Å². The van der Waals surface area contributed by atoms with Crippen LogP contribution in [0.2, 0.25) is 0 Å². The molecule has 0 bridgehead atoms. The number of morpholine rings is 1. The number of halogens is 1. The van der Waals surface area contributed by atoms with E-state index < -0.39 is 11.9 Å². The van der Waals surface area contributed by atoms with Gasteiger partial charge in [0.1, 0.15) is 5.82 Å². The molecule has 4 heterocycles. The molecular formula is C25H29FN4O4. The van der Waals surface area contributed by atoms with E-state index in [0.717, 1.165) is 30.8 Å². The largest absolute Gasteiger partial charge is 0.390 e. The fourth-order valence-electron chi connectivity index (χ4n) is 5.02. The second-order valence-electron chi connectivity index (χ2n) is 9.14. The first-order valence-corrected chi connectivity index (χ1v) is 11.7. The zero-order valence-corrected chi connectivity index (χ0v) is 19.2. The van der Waals surface area contributed by atoms with Crippen LogP contribution in [-0.4, -0.2) is 83.7 Å². The average molecular weight is 469 g/mol. The number of H-pyrrole nitrogens is 1. The lowest BCUT2D eigenvalue weighted by molar-refractivity contribution is -0.110. The van der Waals surface area contributed by atoms with Crippen molar-refractivity contribution in [3.63, 3.8) is 0 Å². The minimum atomic E-state index is -0.641. The molecule has 1 fully saturated rings. The quantitative estimate of drug-likeness (QED) is 0.584. The Morgan fingerprint density at radius 2 is 2.00 bits per heavy atom. The third-order valence-electron chi connectivity index (χ3n) is 6.78. The highest BCUT2D eigenvalue weighted by atomic mass is 19.1. The van der Waals surface area contributed by atoms with Gasteiger partial charge in [0, 0.05) is 55.4 Å². The molecule has 0 spiro atoms. The maximum absolute atomic E-state index is 13.8. The number of carbonyl (C=O) groups excluding carboxylic acids is 2. The highest BCUT2D eigenvalue weighted by Crippen LogP contribution is 2.35. The molecule has 1 aromatic heterocycles. The number of carbonyl (C=O) groups is 2. The maximum Gasteiger partial charge on any atom is 0.256 e. The number of nitrogens with zero attached hydrogens (tertiary/aromatic N) is 2. The third-order valence-corrected chi connectivity index (χ3v) is 6.78. The van der Waals surface area contributed by atoms with Crippen LogP contribution in [0.25, 0.3) is 11.6 Å². The van der Waals surface area contributed by atoms with E-state index in [4.69, 9.17) is 4.74 Å². The molecule has 34 heavy (non-hydrogen) atoms. The van der Waals surface area contributed by atoms with Gasteiger partial charge in [0.25, 0.3) is 11.8 Å². The van der Waals surface area contributed by atoms with Crippen molar-refractivity contribution in [1.29, 1.82) is 0 Å². The van der Waals surface area contributed by atoms with Gasteiger partial charge in [-0.3, -0.25) is 14.5 Å². The lowest BCUT2D eigenvalue weighted by Gasteiger charge is -2.31. The predicted octanol–water partition coefficient (Wildman–Crippen LogP) is 2.04. The van der Waals surface area contributed by atoms with Gasteiger partial charge >= 0.3 is 0 Å². The smallest absolute Gasteiger partial charge is 0.256 e. The molecule has 0 aliphatic carbocycles. The summed E-state index contributed by atoms with van der Waals surface area (Å²) in [4.78, 5) is 33.2. The predicted molar refractivity (Wildman–Crippen MR) is 126 cm³/mol. The summed E-state index contributed by atoms with van der Waals surface area (Å²) in [5.41, 5.74) is 4.28. The van der Waals surface area contributed by atoms with E-state index in [2.05, 4.69) is 15.2 Å². The van der Waals surface area contributed by atoms with E-state index in [9.17, 15) is 19.1 Å². The number of benzene rings is 1. The number of anilines is 1. The summed E-state index contributed by atoms with van der Waals surface area (Å²) in [5.74, 6) is -0.833. The number of ether oxygens (including phenoxy) is 1. The maximum atomic E-state index is 13.8. The summed E-state index contributed by atoms with van der Waals surface area (Å²) in [6, 6.07) is 4.19. The molecule has 2 aromatic rings. The van der Waals surface area contributed by atoms with Crippen molar-refractivity contribution in [2.24, 2.45) is 0 Å². The summed E-state index contributed by atoms with van der Waals surface area (Å²) >= 11 is 0. The third kappa shape index (κ3) is 4.38. The van der Waals surface area contributed by atoms with Gasteiger partial charge in [0.05, 0.1) is 30.5 Å². The minimum Gasteiger partial charge on any atom is -0.390 e. The van der Waals surface area contributed by atoms with E-state index in [1.165, 1.54) is 12.1 Å². The highest BCUT2D eigenvalue weighted by molar-refractivity contribution is 6.34. The minimum absolute atomic E-state index is 0.116. The molecular weight excluding hydrogens is 439 g/mol. The van der Waals surface area contributed by atoms with E-state index in [-0.39, 0.29) is 18.4 Å². The van der Waals surface area contributed by atoms with E-state index in [1.807, 2.05) is 6.92 Å². The summed E-state index contributed by atoms with van der Waals surface area (Å²) in [5, 5.41) is 13.4. The topological polar surface area (TPSA) is 97.9 Å². The van der Waals surface area contributed by atoms with Crippen LogP contribution in [0.4, 0.5) is 10.1 Å². The number of aromatic amines is 1. The Labute approximate surface area is 197 Å². The van der Waals surface area contributed by atoms with Crippen LogP contribution in [0.1, 0.15) is 39.3 Å². The summed E-state index contributed by atoms with van der Waals surface area (Å²) < 4.78 is 19.2. The molecule has 3 N–H and O–H groups in total. The first kappa shape index (κ1) is 22.8. The van der Waals surface area contributed by atoms with Gasteiger partial charge in [-0.25, -0.2) is 4.39 Å². The zero-order chi connectivity index (χ0) is 23.8. The van der Waals surface area contributed by atoms with Crippen LogP contribution < -0.4 is 5.32 Å². The molecule has 0 radical (unpaired) electrons. The molecule has 180 valence electrons. The molecule has 2 amide bonds. The van der Waals surface area contributed by atoms with Gasteiger partial charge < -0.3 is 25.0 Å². The first-order valence-electron chi connectivity index (χ1n) is 11.7. The number of rotatable bonds is 5. The number of aliphatic hydroxyl groups excluding tert-OH is 1. The lowest BCUT2D eigenvalue weighted by atomic mass is 10.0. The first-order chi connectivity index (χ1) is 16.4. The molecule has 5 rings (SSSR count). The molecule has 1 unspecified atom stereocenters. The van der Waals surface area contributed by atoms with Gasteiger partial charge in [0.15, 0.2) is 0 Å². The fourth-order valence-corrected chi connectivity index (χ4v) is 5.02. The van der Waals surface area contributed by atoms with Crippen LogP contribution in [0.3, 0.4) is 0 Å². The van der Waals surface area contributed by atoms with Gasteiger partial charge in [-0.2, -0.15) is 0 Å². The Balaban J connectivity index is 1.38. The summed E-state index contributed by atoms with van der Waals surface area (Å²) in [6.07, 6.45) is 2.51. The van der Waals surface area contributed by atoms with Crippen LogP contribution in [0.5, 0.6) is 0 Å². The van der Waals surface area contributed by atoms with Gasteiger partial charge in [-0.05, 0) is 49.6 Å². The number of hydrogen-bond donors (Lipinski definition) is 3. The standard InChI is InChI=1S/C25H29FN4O4/c1-15-22(12-19-18-11-16(26)4-5-20(18)28-24(19)32)27-21-3-2-6-30(25(33)23(15)21)14-17(31)13-29-7-9-34-10-8-29/h4-5,11-12,17,27,31H,2-3,6-10,13-14H2,1H3,(H,28,32)/b19-12+. The van der Waals surface area contributed by atoms with Gasteiger partial charge in [0.2, 0.25) is 0 Å². The highest BCUT2D eigenvalue weighted by Gasteiger charge is 2.30. The Morgan fingerprint density at radius 1 is 1.21 bits per heavy atom. The average Bonchev–Trinajstić information content (AvgIpc) is 3.23. The van der Waals surface area contributed by atoms with Crippen LogP contribution in [0, 0.1) is 12.7 Å². The van der Waals surface area contributed by atoms with E-state index >= 15 is 0 Å². The van der Waals surface area contributed by atoms with Crippen molar-refractivity contribution < 1.29 is 23.8 Å². The Morgan fingerprint density at radius 3 is 2.79 bits per heavy atom. The molecule has 3 aliphatic rings. The van der Waals surface area contributed by atoms with Crippen molar-refractivity contribution in [3.8, 4) is 0 Å². The Bertz CT molecular complexity index is 1150. The molecule has 1 aromatic carbocycles. The molecule has 9 heteroatoms. The normalized spacial score (nSPS) is 20.8. The van der Waals surface area contributed by atoms with Crippen molar-refractivity contribution in [2.75, 3.05) is 51.3 Å². The Kier molecular flexibility index (Phi) is 6.24. The summed E-state index contributed by atoms with van der Waals surface area (Å²) in [6.45, 7) is 6.10. The van der Waals surface area contributed by atoms with Crippen molar-refractivity contribution in [2.45, 2.75) is 25.9 Å². The van der Waals surface area contributed by atoms with Crippen LogP contribution in [0.15, 0.2) is 18.2 Å². The SMILES string of the molecule is Cc1c(/C=C2/C(=O)Nc3ccc(F)cc32)[nH]c2c1C(=O)N(CC(O)CN1CCOCC1)CCC2. The number of hydrogen-bond acceptors (Lipinski definition) is 5. The second-order valence-corrected chi connectivity index (χ2v) is 9.14. The summed E-state index contributed by atoms with van der Waals surface area (Å²) in [7, 11) is 0. The molecule has 8 nitrogen and oxygen atoms in total. The fraction of sp³-hybridized carbons (Fsp3) is 0.440. The molecule has 1 saturated heterocycles. The number of aryl methyl sites for hydroxylation is 1. The van der Waals surface area contributed by atoms with E-state index in [1.54, 1.807) is 17.0 Å². The van der Waals surface area contributed by atoms with Crippen molar-refractivity contribution in [3.05, 3.63) is 52.1 Å². The van der Waals surface area contributed by atoms with Crippen LogP contribution >= 0.6 is 0 Å². The van der Waals surface area contributed by atoms with Gasteiger partial charge in [-0.15, -0.1) is 0 Å². The van der Waals surface area contributed by atoms with E-state index in [0.29, 0.717) is 60.8 Å². The van der Waals surface area contributed by atoms with Crippen molar-refractivity contribution >= 4 is 29.2 Å². The molecule has 0 saturated carbocycles. The second kappa shape index (κ2) is 9.32. The van der Waals surface area contributed by atoms with Crippen molar-refractivity contribution in [1.82, 2.24) is 14.8 Å². The van der Waals surface area contributed by atoms with Crippen LogP contribution in [-0.2, 0) is 16.0 Å². The lowest BCUT2D eigenvalue weighted by Crippen LogP contribution is -2.46. The Hall–Kier alpha value is -3.01. The number of fused-ring (bicyclic) bond motifs is 2. The number of aliphatic hydroxyl groups is 1. The zero-order valence-electron chi connectivity index (χ0n) is 19.2. The molecule has 3 aliphatic heterocycles. The number of β-amino-alcohol motifs (C(OH)–C–C–N with tert-alkyl or cyclic N) is 1. The molecule has 1 atom stereocenters. The number of nitrogens with one attached hydrogen (secondary N) is 2. The monoisotopic (exact) mass is 468 g/mol.